The molecule has 0 aromatic heterocycles. The van der Waals surface area contributed by atoms with Gasteiger partial charge in [0.1, 0.15) is 0 Å². The van der Waals surface area contributed by atoms with Crippen molar-refractivity contribution in [2.45, 2.75) is 0 Å². The first-order valence-corrected chi connectivity index (χ1v) is 9.12. The van der Waals surface area contributed by atoms with Crippen LogP contribution >= 0.6 is 31.9 Å². The molecule has 21 heavy (non-hydrogen) atoms. The summed E-state index contributed by atoms with van der Waals surface area (Å²) in [7, 11) is 0. The zero-order valence-corrected chi connectivity index (χ0v) is 14.5. The van der Waals surface area contributed by atoms with Gasteiger partial charge in [-0.15, -0.1) is 0 Å². The fourth-order valence-electron chi connectivity index (χ4n) is 3.23. The quantitative estimate of drug-likeness (QED) is 0.300. The van der Waals surface area contributed by atoms with Crippen LogP contribution in [0.15, 0.2) is 54.6 Å². The van der Waals surface area contributed by atoms with Crippen LogP contribution in [0.1, 0.15) is 0 Å². The van der Waals surface area contributed by atoms with Crippen molar-refractivity contribution in [2.75, 3.05) is 15.8 Å². The average Bonchev–Trinajstić information content (AvgIpc) is 2.87. The Balaban J connectivity index is 2.08. The topological polar surface area (TPSA) is 3.24 Å². The first kappa shape index (κ1) is 13.4. The maximum atomic E-state index is 3.58. The van der Waals surface area contributed by atoms with Crippen molar-refractivity contribution < 1.29 is 0 Å². The minimum absolute atomic E-state index is 0.809. The lowest BCUT2D eigenvalue weighted by Gasteiger charge is -2.21. The predicted molar refractivity (Wildman–Crippen MR) is 98.4 cm³/mol. The highest BCUT2D eigenvalue weighted by atomic mass is 79.9. The van der Waals surface area contributed by atoms with Crippen LogP contribution in [0.25, 0.3) is 33.0 Å². The molecule has 0 atom stereocenters. The zero-order valence-electron chi connectivity index (χ0n) is 11.3. The first-order chi connectivity index (χ1) is 10.3. The summed E-state index contributed by atoms with van der Waals surface area (Å²) in [6.45, 7) is 0. The van der Waals surface area contributed by atoms with Crippen LogP contribution in [-0.4, -0.2) is 10.9 Å². The van der Waals surface area contributed by atoms with Crippen molar-refractivity contribution in [1.29, 1.82) is 0 Å². The van der Waals surface area contributed by atoms with Gasteiger partial charge in [-0.1, -0.05) is 80.4 Å². The second-order valence-corrected chi connectivity index (χ2v) is 6.19. The summed E-state index contributed by atoms with van der Waals surface area (Å²) in [5.74, 6) is 0. The molecule has 0 amide bonds. The number of halogens is 2. The Kier molecular flexibility index (Phi) is 3.27. The van der Waals surface area contributed by atoms with Gasteiger partial charge < -0.3 is 4.90 Å². The summed E-state index contributed by atoms with van der Waals surface area (Å²) in [6.07, 6.45) is 0. The summed E-state index contributed by atoms with van der Waals surface area (Å²) >= 11 is 7.15. The van der Waals surface area contributed by atoms with Gasteiger partial charge >= 0.3 is 0 Å². The van der Waals surface area contributed by atoms with Crippen LogP contribution in [0, 0.1) is 0 Å². The lowest BCUT2D eigenvalue weighted by molar-refractivity contribution is 1.09. The van der Waals surface area contributed by atoms with E-state index in [1.165, 1.54) is 38.7 Å². The standard InChI is InChI=1S/C18H13Br2N/c19-10-21(11-20)17-9-8-15-13-5-2-1-4-12(13)14-6-3-7-16(17)18(14)15/h1-9H,10-11H2. The van der Waals surface area contributed by atoms with Crippen LogP contribution in [0.3, 0.4) is 0 Å². The van der Waals surface area contributed by atoms with Gasteiger partial charge in [-0.3, -0.25) is 0 Å². The van der Waals surface area contributed by atoms with Crippen LogP contribution < -0.4 is 4.90 Å². The third-order valence-electron chi connectivity index (χ3n) is 4.15. The maximum Gasteiger partial charge on any atom is 0.0744 e. The highest BCUT2D eigenvalue weighted by molar-refractivity contribution is 9.09. The first-order valence-electron chi connectivity index (χ1n) is 6.87. The number of benzene rings is 3. The molecule has 0 saturated heterocycles. The summed E-state index contributed by atoms with van der Waals surface area (Å²) in [5, 5.41) is 2.70. The molecule has 0 radical (unpaired) electrons. The Morgan fingerprint density at radius 2 is 1.29 bits per heavy atom. The molecule has 0 fully saturated rings. The van der Waals surface area contributed by atoms with E-state index in [1.54, 1.807) is 0 Å². The molecule has 0 unspecified atom stereocenters. The molecule has 0 heterocycles. The number of anilines is 1. The van der Waals surface area contributed by atoms with E-state index < -0.39 is 0 Å². The summed E-state index contributed by atoms with van der Waals surface area (Å²) in [5.41, 5.74) is 8.28. The molecular formula is C18H13Br2N. The van der Waals surface area contributed by atoms with E-state index in [1.807, 2.05) is 0 Å². The van der Waals surface area contributed by atoms with Gasteiger partial charge in [-0.25, -0.2) is 0 Å². The third kappa shape index (κ3) is 1.87. The largest absolute Gasteiger partial charge is 0.351 e. The number of fused-ring (bicyclic) bond motifs is 3. The summed E-state index contributed by atoms with van der Waals surface area (Å²) in [6, 6.07) is 19.8. The Labute approximate surface area is 140 Å². The van der Waals surface area contributed by atoms with E-state index in [0.717, 1.165) is 10.9 Å². The Bertz CT molecular complexity index is 808. The monoisotopic (exact) mass is 401 g/mol. The van der Waals surface area contributed by atoms with Crippen molar-refractivity contribution in [3.05, 3.63) is 54.6 Å². The minimum atomic E-state index is 0.809. The van der Waals surface area contributed by atoms with E-state index in [2.05, 4.69) is 91.4 Å². The Morgan fingerprint density at radius 1 is 0.667 bits per heavy atom. The third-order valence-corrected chi connectivity index (χ3v) is 5.37. The van der Waals surface area contributed by atoms with Crippen LogP contribution in [0.4, 0.5) is 5.69 Å². The molecule has 104 valence electrons. The Hall–Kier alpha value is -1.32. The van der Waals surface area contributed by atoms with Gasteiger partial charge in [0.2, 0.25) is 0 Å². The molecule has 0 spiro atoms. The molecule has 3 aromatic rings. The molecule has 0 saturated carbocycles. The van der Waals surface area contributed by atoms with Crippen molar-refractivity contribution in [3.63, 3.8) is 0 Å². The highest BCUT2D eigenvalue weighted by Crippen LogP contribution is 2.49. The molecule has 4 rings (SSSR count). The molecule has 1 nitrogen and oxygen atoms in total. The number of hydrogen-bond acceptors (Lipinski definition) is 1. The van der Waals surface area contributed by atoms with Gasteiger partial charge in [0.25, 0.3) is 0 Å². The SMILES string of the molecule is BrCN(CBr)c1ccc2c3c(cccc13)-c1ccccc1-2. The molecular weight excluding hydrogens is 390 g/mol. The molecule has 1 aliphatic rings. The fraction of sp³-hybridized carbons (Fsp3) is 0.111. The molecule has 3 heteroatoms. The van der Waals surface area contributed by atoms with Crippen molar-refractivity contribution >= 4 is 48.3 Å². The second-order valence-electron chi connectivity index (χ2n) is 5.18. The number of rotatable bonds is 3. The van der Waals surface area contributed by atoms with E-state index in [9.17, 15) is 0 Å². The van der Waals surface area contributed by atoms with E-state index in [4.69, 9.17) is 0 Å². The lowest BCUT2D eigenvalue weighted by atomic mass is 10.0. The van der Waals surface area contributed by atoms with Gasteiger partial charge in [0, 0.05) is 11.1 Å². The van der Waals surface area contributed by atoms with Crippen LogP contribution in [0.2, 0.25) is 0 Å². The number of alkyl halides is 2. The zero-order chi connectivity index (χ0) is 14.4. The van der Waals surface area contributed by atoms with Gasteiger partial charge in [-0.05, 0) is 33.7 Å². The van der Waals surface area contributed by atoms with Crippen LogP contribution in [0.5, 0.6) is 0 Å². The molecule has 3 aromatic carbocycles. The van der Waals surface area contributed by atoms with Crippen molar-refractivity contribution in [2.24, 2.45) is 0 Å². The second kappa shape index (κ2) is 5.15. The van der Waals surface area contributed by atoms with E-state index in [0.29, 0.717) is 0 Å². The van der Waals surface area contributed by atoms with Crippen molar-refractivity contribution in [1.82, 2.24) is 0 Å². The smallest absolute Gasteiger partial charge is 0.0744 e. The van der Waals surface area contributed by atoms with E-state index in [-0.39, 0.29) is 0 Å². The highest BCUT2D eigenvalue weighted by Gasteiger charge is 2.22. The number of hydrogen-bond donors (Lipinski definition) is 0. The average molecular weight is 403 g/mol. The normalized spacial score (nSPS) is 11.7. The number of nitrogens with zero attached hydrogens (tertiary/aromatic N) is 1. The summed E-state index contributed by atoms with van der Waals surface area (Å²) in [4.78, 5) is 2.27. The molecule has 1 aliphatic carbocycles. The van der Waals surface area contributed by atoms with E-state index >= 15 is 0 Å². The van der Waals surface area contributed by atoms with Gasteiger partial charge in [0.05, 0.1) is 10.9 Å². The predicted octanol–water partition coefficient (Wildman–Crippen LogP) is 6.00. The van der Waals surface area contributed by atoms with Crippen molar-refractivity contribution in [3.8, 4) is 22.3 Å². The summed E-state index contributed by atoms with van der Waals surface area (Å²) < 4.78 is 0. The molecule has 0 aliphatic heterocycles. The lowest BCUT2D eigenvalue weighted by Crippen LogP contribution is -2.18. The minimum Gasteiger partial charge on any atom is -0.351 e. The molecule has 0 N–H and O–H groups in total. The molecule has 0 bridgehead atoms. The van der Waals surface area contributed by atoms with Crippen LogP contribution in [-0.2, 0) is 0 Å². The Morgan fingerprint density at radius 3 is 1.95 bits per heavy atom. The van der Waals surface area contributed by atoms with Gasteiger partial charge in [-0.2, -0.15) is 0 Å². The fourth-order valence-corrected chi connectivity index (χ4v) is 4.60. The maximum absolute atomic E-state index is 3.58. The van der Waals surface area contributed by atoms with Gasteiger partial charge in [0.15, 0.2) is 0 Å².